The van der Waals surface area contributed by atoms with Crippen LogP contribution in [0.3, 0.4) is 0 Å². The Morgan fingerprint density at radius 2 is 2.00 bits per heavy atom. The Balaban J connectivity index is 1.50. The molecule has 5 nitrogen and oxygen atoms in total. The largest absolute Gasteiger partial charge is 0.338 e. The summed E-state index contributed by atoms with van der Waals surface area (Å²) in [6.45, 7) is 4.07. The summed E-state index contributed by atoms with van der Waals surface area (Å²) in [6, 6.07) is 7.56. The van der Waals surface area contributed by atoms with E-state index in [1.165, 1.54) is 0 Å². The van der Waals surface area contributed by atoms with Crippen molar-refractivity contribution in [1.82, 2.24) is 20.4 Å². The van der Waals surface area contributed by atoms with E-state index in [0.29, 0.717) is 13.1 Å². The highest BCUT2D eigenvalue weighted by Crippen LogP contribution is 2.19. The number of nitrogens with one attached hydrogen (secondary N) is 2. The van der Waals surface area contributed by atoms with Gasteiger partial charge in [-0.1, -0.05) is 11.6 Å². The van der Waals surface area contributed by atoms with E-state index in [-0.39, 0.29) is 6.03 Å². The summed E-state index contributed by atoms with van der Waals surface area (Å²) in [6.07, 6.45) is 4.68. The zero-order chi connectivity index (χ0) is 16.5. The molecule has 0 saturated heterocycles. The van der Waals surface area contributed by atoms with Crippen molar-refractivity contribution >= 4 is 29.4 Å². The molecule has 0 unspecified atom stereocenters. The number of hydrogen-bond donors (Lipinski definition) is 2. The molecule has 7 heteroatoms. The summed E-state index contributed by atoms with van der Waals surface area (Å²) < 4.78 is 1.89. The number of halogens is 1. The molecule has 0 saturated carbocycles. The van der Waals surface area contributed by atoms with Crippen LogP contribution in [0.4, 0.5) is 4.79 Å². The van der Waals surface area contributed by atoms with E-state index in [9.17, 15) is 4.79 Å². The minimum Gasteiger partial charge on any atom is -0.338 e. The number of benzene rings is 1. The number of thioether (sulfide) groups is 1. The quantitative estimate of drug-likeness (QED) is 0.566. The molecule has 0 atom stereocenters. The molecule has 1 heterocycles. The van der Waals surface area contributed by atoms with Crippen LogP contribution >= 0.6 is 23.4 Å². The second kappa shape index (κ2) is 9.47. The van der Waals surface area contributed by atoms with Crippen LogP contribution < -0.4 is 10.6 Å². The number of amides is 2. The number of carbonyl (C=O) groups is 1. The first kappa shape index (κ1) is 17.7. The van der Waals surface area contributed by atoms with E-state index in [1.807, 2.05) is 48.3 Å². The van der Waals surface area contributed by atoms with Crippen molar-refractivity contribution in [3.05, 3.63) is 47.2 Å². The number of carbonyl (C=O) groups excluding carboxylic acids is 1. The van der Waals surface area contributed by atoms with Gasteiger partial charge in [0.05, 0.1) is 6.20 Å². The smallest absolute Gasteiger partial charge is 0.314 e. The lowest BCUT2D eigenvalue weighted by Gasteiger charge is -2.07. The molecule has 0 fully saturated rings. The third-order valence-corrected chi connectivity index (χ3v) is 4.35. The van der Waals surface area contributed by atoms with Crippen molar-refractivity contribution in [2.45, 2.75) is 24.8 Å². The first-order chi connectivity index (χ1) is 11.1. The number of urea groups is 1. The van der Waals surface area contributed by atoms with E-state index >= 15 is 0 Å². The van der Waals surface area contributed by atoms with Crippen molar-refractivity contribution in [3.8, 4) is 0 Å². The lowest BCUT2D eigenvalue weighted by atomic mass is 10.4. The van der Waals surface area contributed by atoms with Crippen molar-refractivity contribution in [3.63, 3.8) is 0 Å². The van der Waals surface area contributed by atoms with Crippen LogP contribution in [-0.2, 0) is 6.54 Å². The summed E-state index contributed by atoms with van der Waals surface area (Å²) in [5, 5.41) is 10.6. The third-order valence-electron chi connectivity index (χ3n) is 3.08. The fourth-order valence-electron chi connectivity index (χ4n) is 1.96. The van der Waals surface area contributed by atoms with Gasteiger partial charge in [-0.15, -0.1) is 11.8 Å². The van der Waals surface area contributed by atoms with E-state index in [4.69, 9.17) is 11.6 Å². The molecule has 2 amide bonds. The average molecular weight is 353 g/mol. The van der Waals surface area contributed by atoms with E-state index in [0.717, 1.165) is 34.2 Å². The van der Waals surface area contributed by atoms with Crippen LogP contribution in [0.15, 0.2) is 41.6 Å². The molecule has 0 aliphatic heterocycles. The molecule has 23 heavy (non-hydrogen) atoms. The summed E-state index contributed by atoms with van der Waals surface area (Å²) in [7, 11) is 0. The standard InChI is InChI=1S/C16H21ClN4OS/c1-13-11-20-21(12-13)9-2-7-18-16(22)19-8-10-23-15-5-3-14(17)4-6-15/h3-6,11-12H,2,7-10H2,1H3,(H2,18,19,22). The van der Waals surface area contributed by atoms with Crippen molar-refractivity contribution in [1.29, 1.82) is 0 Å². The van der Waals surface area contributed by atoms with E-state index in [2.05, 4.69) is 15.7 Å². The maximum absolute atomic E-state index is 11.6. The number of nitrogens with zero attached hydrogens (tertiary/aromatic N) is 2. The molecule has 2 N–H and O–H groups in total. The lowest BCUT2D eigenvalue weighted by molar-refractivity contribution is 0.241. The van der Waals surface area contributed by atoms with Crippen molar-refractivity contribution in [2.75, 3.05) is 18.8 Å². The number of hydrogen-bond acceptors (Lipinski definition) is 3. The van der Waals surface area contributed by atoms with E-state index < -0.39 is 0 Å². The van der Waals surface area contributed by atoms with Gasteiger partial charge in [-0.05, 0) is 43.2 Å². The van der Waals surface area contributed by atoms with Gasteiger partial charge in [0.25, 0.3) is 0 Å². The predicted octanol–water partition coefficient (Wildman–Crippen LogP) is 3.33. The number of aryl methyl sites for hydroxylation is 2. The summed E-state index contributed by atoms with van der Waals surface area (Å²) >= 11 is 7.52. The van der Waals surface area contributed by atoms with Gasteiger partial charge in [-0.2, -0.15) is 5.10 Å². The number of aromatic nitrogens is 2. The van der Waals surface area contributed by atoms with Crippen LogP contribution in [0, 0.1) is 6.92 Å². The minimum atomic E-state index is -0.127. The molecule has 0 radical (unpaired) electrons. The molecule has 0 spiro atoms. The second-order valence-corrected chi connectivity index (χ2v) is 6.72. The summed E-state index contributed by atoms with van der Waals surface area (Å²) in [4.78, 5) is 12.8. The van der Waals surface area contributed by atoms with Gasteiger partial charge >= 0.3 is 6.03 Å². The average Bonchev–Trinajstić information content (AvgIpc) is 2.95. The highest BCUT2D eigenvalue weighted by Gasteiger charge is 2.00. The summed E-state index contributed by atoms with van der Waals surface area (Å²) in [5.74, 6) is 0.821. The Morgan fingerprint density at radius 3 is 2.70 bits per heavy atom. The lowest BCUT2D eigenvalue weighted by Crippen LogP contribution is -2.37. The molecule has 124 valence electrons. The predicted molar refractivity (Wildman–Crippen MR) is 95.2 cm³/mol. The minimum absolute atomic E-state index is 0.127. The highest BCUT2D eigenvalue weighted by molar-refractivity contribution is 7.99. The number of rotatable bonds is 8. The Hall–Kier alpha value is -1.66. The van der Waals surface area contributed by atoms with E-state index in [1.54, 1.807) is 11.8 Å². The maximum atomic E-state index is 11.6. The summed E-state index contributed by atoms with van der Waals surface area (Å²) in [5.41, 5.74) is 1.15. The van der Waals surface area contributed by atoms with Gasteiger partial charge in [-0.25, -0.2) is 4.79 Å². The first-order valence-electron chi connectivity index (χ1n) is 7.52. The molecular weight excluding hydrogens is 332 g/mol. The van der Waals surface area contributed by atoms with Gasteiger partial charge in [-0.3, -0.25) is 4.68 Å². The molecule has 0 bridgehead atoms. The van der Waals surface area contributed by atoms with Crippen molar-refractivity contribution < 1.29 is 4.79 Å². The van der Waals surface area contributed by atoms with Crippen molar-refractivity contribution in [2.24, 2.45) is 0 Å². The van der Waals surface area contributed by atoms with Gasteiger partial charge < -0.3 is 10.6 Å². The van der Waals surface area contributed by atoms with Gasteiger partial charge in [0, 0.05) is 41.5 Å². The zero-order valence-corrected chi connectivity index (χ0v) is 14.7. The monoisotopic (exact) mass is 352 g/mol. The third kappa shape index (κ3) is 6.97. The fraction of sp³-hybridized carbons (Fsp3) is 0.375. The first-order valence-corrected chi connectivity index (χ1v) is 8.89. The molecule has 0 aliphatic rings. The molecule has 1 aromatic heterocycles. The Bertz CT molecular complexity index is 615. The van der Waals surface area contributed by atoms with Crippen LogP contribution in [0.5, 0.6) is 0 Å². The van der Waals surface area contributed by atoms with Gasteiger partial charge in [0.1, 0.15) is 0 Å². The Morgan fingerprint density at radius 1 is 1.26 bits per heavy atom. The fourth-order valence-corrected chi connectivity index (χ4v) is 2.85. The normalized spacial score (nSPS) is 10.5. The Kier molecular flexibility index (Phi) is 7.29. The molecule has 0 aliphatic carbocycles. The SMILES string of the molecule is Cc1cnn(CCCNC(=O)NCCSc2ccc(Cl)cc2)c1. The van der Waals surface area contributed by atoms with Gasteiger partial charge in [0.2, 0.25) is 0 Å². The van der Waals surface area contributed by atoms with Crippen LogP contribution in [0.25, 0.3) is 0 Å². The molecule has 1 aromatic carbocycles. The van der Waals surface area contributed by atoms with Crippen LogP contribution in [0.1, 0.15) is 12.0 Å². The zero-order valence-electron chi connectivity index (χ0n) is 13.1. The molecule has 2 rings (SSSR count). The van der Waals surface area contributed by atoms with Crippen LogP contribution in [0.2, 0.25) is 5.02 Å². The molecule has 2 aromatic rings. The Labute approximate surface area is 145 Å². The maximum Gasteiger partial charge on any atom is 0.314 e. The van der Waals surface area contributed by atoms with Crippen LogP contribution in [-0.4, -0.2) is 34.7 Å². The molecular formula is C16H21ClN4OS. The topological polar surface area (TPSA) is 59.0 Å². The second-order valence-electron chi connectivity index (χ2n) is 5.12. The highest BCUT2D eigenvalue weighted by atomic mass is 35.5. The van der Waals surface area contributed by atoms with Gasteiger partial charge in [0.15, 0.2) is 0 Å².